The number of hydrogen-bond acceptors (Lipinski definition) is 5. The first-order valence-electron chi connectivity index (χ1n) is 9.06. The normalized spacial score (nSPS) is 11.9. The Hall–Kier alpha value is -2.43. The smallest absolute Gasteiger partial charge is 0.274 e. The predicted molar refractivity (Wildman–Crippen MR) is 119 cm³/mol. The van der Waals surface area contributed by atoms with Gasteiger partial charge in [0.1, 0.15) is 11.4 Å². The van der Waals surface area contributed by atoms with Gasteiger partial charge in [-0.05, 0) is 84.5 Å². The summed E-state index contributed by atoms with van der Waals surface area (Å²) in [5, 5.41) is 27.1. The fraction of sp³-hybridized carbons (Fsp3) is 0.238. The molecule has 3 N–H and O–H groups in total. The van der Waals surface area contributed by atoms with Crippen molar-refractivity contribution in [1.29, 1.82) is 0 Å². The molecule has 0 saturated heterocycles. The van der Waals surface area contributed by atoms with Crippen molar-refractivity contribution in [3.63, 3.8) is 0 Å². The summed E-state index contributed by atoms with van der Waals surface area (Å²) in [6.45, 7) is 1.42. The van der Waals surface area contributed by atoms with E-state index in [0.717, 1.165) is 3.57 Å². The van der Waals surface area contributed by atoms with Gasteiger partial charge in [0.05, 0.1) is 24.6 Å². The van der Waals surface area contributed by atoms with Gasteiger partial charge in [-0.25, -0.2) is 4.68 Å². The lowest BCUT2D eigenvalue weighted by Crippen LogP contribution is -2.19. The van der Waals surface area contributed by atoms with E-state index in [0.29, 0.717) is 28.4 Å². The lowest BCUT2D eigenvalue weighted by atomic mass is 10.1. The maximum absolute atomic E-state index is 13.2. The van der Waals surface area contributed by atoms with Crippen LogP contribution in [0.2, 0.25) is 0 Å². The number of ether oxygens (including phenoxy) is 1. The number of rotatable bonds is 7. The highest BCUT2D eigenvalue weighted by molar-refractivity contribution is 14.1. The third-order valence-corrected chi connectivity index (χ3v) is 5.13. The number of anilines is 1. The van der Waals surface area contributed by atoms with Gasteiger partial charge in [0.2, 0.25) is 0 Å². The fourth-order valence-corrected chi connectivity index (χ4v) is 3.39. The molecule has 0 fully saturated rings. The molecule has 29 heavy (non-hydrogen) atoms. The number of amides is 1. The van der Waals surface area contributed by atoms with Crippen LogP contribution >= 0.6 is 22.6 Å². The van der Waals surface area contributed by atoms with Gasteiger partial charge in [-0.15, -0.1) is 0 Å². The Morgan fingerprint density at radius 1 is 1.21 bits per heavy atom. The van der Waals surface area contributed by atoms with Crippen LogP contribution < -0.4 is 10.1 Å². The van der Waals surface area contributed by atoms with Crippen LogP contribution in [0.1, 0.15) is 34.8 Å². The SMILES string of the molecule is COc1ccc(-n2nc(C(C)O)c(CCO)c2C(=O)Nc2ccc(I)cc2)cc1. The van der Waals surface area contributed by atoms with Crippen molar-refractivity contribution in [3.05, 3.63) is 69.1 Å². The zero-order valence-electron chi connectivity index (χ0n) is 16.1. The summed E-state index contributed by atoms with van der Waals surface area (Å²) in [7, 11) is 1.58. The number of nitrogens with one attached hydrogen (secondary N) is 1. The average molecular weight is 507 g/mol. The fourth-order valence-electron chi connectivity index (χ4n) is 3.03. The van der Waals surface area contributed by atoms with Gasteiger partial charge < -0.3 is 20.3 Å². The molecule has 152 valence electrons. The number of carbonyl (C=O) groups is 1. The standard InChI is InChI=1S/C21H22IN3O4/c1-13(27)19-18(11-12-26)20(21(28)23-15-5-3-14(22)4-6-15)25(24-19)16-7-9-17(29-2)10-8-16/h3-10,13,26-27H,11-12H2,1-2H3,(H,23,28). The largest absolute Gasteiger partial charge is 0.497 e. The number of nitrogens with zero attached hydrogens (tertiary/aromatic N) is 2. The van der Waals surface area contributed by atoms with Crippen molar-refractivity contribution in [2.45, 2.75) is 19.4 Å². The molecule has 0 spiro atoms. The second kappa shape index (κ2) is 9.38. The highest BCUT2D eigenvalue weighted by Crippen LogP contribution is 2.26. The Labute approximate surface area is 182 Å². The molecule has 0 saturated carbocycles. The summed E-state index contributed by atoms with van der Waals surface area (Å²) >= 11 is 2.19. The Kier molecular flexibility index (Phi) is 6.88. The monoisotopic (exact) mass is 507 g/mol. The van der Waals surface area contributed by atoms with Crippen molar-refractivity contribution in [2.24, 2.45) is 0 Å². The first-order valence-corrected chi connectivity index (χ1v) is 10.1. The van der Waals surface area contributed by atoms with Gasteiger partial charge in [0.25, 0.3) is 5.91 Å². The van der Waals surface area contributed by atoms with E-state index in [4.69, 9.17) is 4.74 Å². The molecule has 0 aliphatic heterocycles. The van der Waals surface area contributed by atoms with Crippen LogP contribution in [0.4, 0.5) is 5.69 Å². The predicted octanol–water partition coefficient (Wildman–Crippen LogP) is 3.33. The Morgan fingerprint density at radius 2 is 1.86 bits per heavy atom. The van der Waals surface area contributed by atoms with Gasteiger partial charge in [0.15, 0.2) is 0 Å². The third-order valence-electron chi connectivity index (χ3n) is 4.41. The summed E-state index contributed by atoms with van der Waals surface area (Å²) in [4.78, 5) is 13.2. The summed E-state index contributed by atoms with van der Waals surface area (Å²) in [5.74, 6) is 0.307. The van der Waals surface area contributed by atoms with E-state index in [-0.39, 0.29) is 24.6 Å². The summed E-state index contributed by atoms with van der Waals surface area (Å²) in [6.07, 6.45) is -0.688. The van der Waals surface area contributed by atoms with Gasteiger partial charge >= 0.3 is 0 Å². The van der Waals surface area contributed by atoms with Crippen LogP contribution in [0.25, 0.3) is 5.69 Å². The Balaban J connectivity index is 2.09. The quantitative estimate of drug-likeness (QED) is 0.427. The molecule has 3 aromatic rings. The van der Waals surface area contributed by atoms with Crippen LogP contribution in [0.5, 0.6) is 5.75 Å². The molecule has 0 aliphatic rings. The second-order valence-corrected chi connectivity index (χ2v) is 7.68. The molecular formula is C21H22IN3O4. The van der Waals surface area contributed by atoms with Crippen LogP contribution in [-0.2, 0) is 6.42 Å². The molecule has 0 radical (unpaired) electrons. The molecule has 0 aliphatic carbocycles. The minimum atomic E-state index is -0.888. The molecule has 7 nitrogen and oxygen atoms in total. The number of benzene rings is 2. The second-order valence-electron chi connectivity index (χ2n) is 6.43. The number of halogens is 1. The zero-order valence-corrected chi connectivity index (χ0v) is 18.3. The lowest BCUT2D eigenvalue weighted by Gasteiger charge is -2.11. The minimum absolute atomic E-state index is 0.169. The van der Waals surface area contributed by atoms with Crippen LogP contribution in [0, 0.1) is 3.57 Å². The molecule has 0 bridgehead atoms. The maximum Gasteiger partial charge on any atom is 0.274 e. The molecule has 1 amide bonds. The number of methoxy groups -OCH3 is 1. The molecule has 1 heterocycles. The lowest BCUT2D eigenvalue weighted by molar-refractivity contribution is 0.101. The number of aliphatic hydroxyl groups excluding tert-OH is 2. The van der Waals surface area contributed by atoms with E-state index >= 15 is 0 Å². The highest BCUT2D eigenvalue weighted by Gasteiger charge is 2.26. The molecule has 1 atom stereocenters. The van der Waals surface area contributed by atoms with Gasteiger partial charge in [0, 0.05) is 21.4 Å². The maximum atomic E-state index is 13.2. The molecule has 1 unspecified atom stereocenters. The van der Waals surface area contributed by atoms with Gasteiger partial charge in [-0.3, -0.25) is 4.79 Å². The van der Waals surface area contributed by atoms with Gasteiger partial charge in [-0.2, -0.15) is 5.10 Å². The first kappa shape index (κ1) is 21.3. The van der Waals surface area contributed by atoms with Gasteiger partial charge in [-0.1, -0.05) is 0 Å². The molecule has 8 heteroatoms. The summed E-state index contributed by atoms with van der Waals surface area (Å²) in [6, 6.07) is 14.5. The number of aliphatic hydroxyl groups is 2. The Bertz CT molecular complexity index is 982. The van der Waals surface area contributed by atoms with Crippen molar-refractivity contribution < 1.29 is 19.7 Å². The summed E-state index contributed by atoms with van der Waals surface area (Å²) in [5.41, 5.74) is 2.44. The highest BCUT2D eigenvalue weighted by atomic mass is 127. The van der Waals surface area contributed by atoms with Crippen molar-refractivity contribution in [1.82, 2.24) is 9.78 Å². The van der Waals surface area contributed by atoms with E-state index in [9.17, 15) is 15.0 Å². The van der Waals surface area contributed by atoms with Crippen LogP contribution in [0.15, 0.2) is 48.5 Å². The topological polar surface area (TPSA) is 96.6 Å². The van der Waals surface area contributed by atoms with Crippen molar-refractivity contribution >= 4 is 34.2 Å². The van der Waals surface area contributed by atoms with E-state index in [1.165, 1.54) is 4.68 Å². The van der Waals surface area contributed by atoms with E-state index in [1.807, 2.05) is 24.3 Å². The molecule has 1 aromatic heterocycles. The van der Waals surface area contributed by atoms with Crippen molar-refractivity contribution in [3.8, 4) is 11.4 Å². The molecule has 3 rings (SSSR count). The Morgan fingerprint density at radius 3 is 2.41 bits per heavy atom. The van der Waals surface area contributed by atoms with E-state index in [1.54, 1.807) is 38.3 Å². The minimum Gasteiger partial charge on any atom is -0.497 e. The van der Waals surface area contributed by atoms with Crippen LogP contribution in [0.3, 0.4) is 0 Å². The zero-order chi connectivity index (χ0) is 21.0. The number of aromatic nitrogens is 2. The summed E-state index contributed by atoms with van der Waals surface area (Å²) < 4.78 is 7.75. The number of carbonyl (C=O) groups excluding carboxylic acids is 1. The molecular weight excluding hydrogens is 485 g/mol. The number of hydrogen-bond donors (Lipinski definition) is 3. The molecule has 2 aromatic carbocycles. The van der Waals surface area contributed by atoms with E-state index in [2.05, 4.69) is 33.0 Å². The van der Waals surface area contributed by atoms with E-state index < -0.39 is 6.10 Å². The van der Waals surface area contributed by atoms with Crippen molar-refractivity contribution in [2.75, 3.05) is 19.0 Å². The third kappa shape index (κ3) is 4.77. The first-order chi connectivity index (χ1) is 13.9. The van der Waals surface area contributed by atoms with Crippen LogP contribution in [-0.4, -0.2) is 39.6 Å². The average Bonchev–Trinajstić information content (AvgIpc) is 3.10.